The second kappa shape index (κ2) is 5.59. The normalized spacial score (nSPS) is 16.8. The minimum absolute atomic E-state index is 0.0348. The second-order valence-corrected chi connectivity index (χ2v) is 5.08. The summed E-state index contributed by atoms with van der Waals surface area (Å²) < 4.78 is 23.4. The number of rotatable bonds is 3. The van der Waals surface area contributed by atoms with Crippen molar-refractivity contribution in [1.29, 1.82) is 0 Å². The predicted molar refractivity (Wildman–Crippen MR) is 73.4 cm³/mol. The van der Waals surface area contributed by atoms with Crippen molar-refractivity contribution in [1.82, 2.24) is 5.16 Å². The maximum Gasteiger partial charge on any atom is 0.314 e. The number of anilines is 1. The Morgan fingerprint density at radius 2 is 2.32 bits per heavy atom. The molecular formula is C15H13FN2O4. The van der Waals surface area contributed by atoms with E-state index < -0.39 is 17.7 Å². The molecule has 1 aliphatic rings. The molecule has 114 valence electrons. The highest BCUT2D eigenvalue weighted by atomic mass is 19.1. The zero-order chi connectivity index (χ0) is 15.7. The Labute approximate surface area is 125 Å². The van der Waals surface area contributed by atoms with Crippen molar-refractivity contribution in [2.45, 2.75) is 25.9 Å². The van der Waals surface area contributed by atoms with E-state index >= 15 is 0 Å². The SMILES string of the molecule is Cc1cc(COC(=O)[C@@H]2CC(=O)Nc3cc(F)ccc32)on1. The molecule has 22 heavy (non-hydrogen) atoms. The molecule has 0 bridgehead atoms. The van der Waals surface area contributed by atoms with Crippen molar-refractivity contribution >= 4 is 17.6 Å². The van der Waals surface area contributed by atoms with E-state index in [1.165, 1.54) is 18.2 Å². The topological polar surface area (TPSA) is 81.4 Å². The van der Waals surface area contributed by atoms with Gasteiger partial charge in [-0.25, -0.2) is 4.39 Å². The molecule has 0 spiro atoms. The van der Waals surface area contributed by atoms with E-state index in [-0.39, 0.29) is 18.9 Å². The van der Waals surface area contributed by atoms with Crippen LogP contribution in [0.4, 0.5) is 10.1 Å². The van der Waals surface area contributed by atoms with Gasteiger partial charge >= 0.3 is 5.97 Å². The number of aryl methyl sites for hydroxylation is 1. The summed E-state index contributed by atoms with van der Waals surface area (Å²) in [6.45, 7) is 1.69. The zero-order valence-corrected chi connectivity index (χ0v) is 11.8. The first kappa shape index (κ1) is 14.2. The van der Waals surface area contributed by atoms with Crippen molar-refractivity contribution in [2.24, 2.45) is 0 Å². The first-order valence-electron chi connectivity index (χ1n) is 6.71. The number of carbonyl (C=O) groups is 2. The highest BCUT2D eigenvalue weighted by Gasteiger charge is 2.32. The Balaban J connectivity index is 1.76. The molecule has 0 aliphatic carbocycles. The zero-order valence-electron chi connectivity index (χ0n) is 11.8. The maximum atomic E-state index is 13.2. The number of nitrogens with zero attached hydrogens (tertiary/aromatic N) is 1. The minimum atomic E-state index is -0.756. The largest absolute Gasteiger partial charge is 0.457 e. The van der Waals surface area contributed by atoms with E-state index in [1.807, 2.05) is 0 Å². The summed E-state index contributed by atoms with van der Waals surface area (Å²) >= 11 is 0. The van der Waals surface area contributed by atoms with Crippen LogP contribution in [-0.4, -0.2) is 17.0 Å². The van der Waals surface area contributed by atoms with E-state index in [2.05, 4.69) is 10.5 Å². The van der Waals surface area contributed by atoms with Gasteiger partial charge in [0.15, 0.2) is 12.4 Å². The average molecular weight is 304 g/mol. The van der Waals surface area contributed by atoms with Gasteiger partial charge in [-0.3, -0.25) is 9.59 Å². The number of aromatic nitrogens is 1. The summed E-state index contributed by atoms with van der Waals surface area (Å²) in [5.74, 6) is -1.73. The van der Waals surface area contributed by atoms with Crippen molar-refractivity contribution in [3.8, 4) is 0 Å². The van der Waals surface area contributed by atoms with E-state index in [4.69, 9.17) is 9.26 Å². The van der Waals surface area contributed by atoms with Crippen LogP contribution in [0.25, 0.3) is 0 Å². The van der Waals surface area contributed by atoms with Crippen LogP contribution >= 0.6 is 0 Å². The number of halogens is 1. The second-order valence-electron chi connectivity index (χ2n) is 5.08. The molecule has 2 heterocycles. The molecule has 0 saturated heterocycles. The number of nitrogens with one attached hydrogen (secondary N) is 1. The van der Waals surface area contributed by atoms with Gasteiger partial charge in [-0.1, -0.05) is 11.2 Å². The van der Waals surface area contributed by atoms with Crippen LogP contribution in [0.3, 0.4) is 0 Å². The summed E-state index contributed by atoms with van der Waals surface area (Å²) in [7, 11) is 0. The van der Waals surface area contributed by atoms with Crippen LogP contribution in [0, 0.1) is 12.7 Å². The Kier molecular flexibility index (Phi) is 3.62. The van der Waals surface area contributed by atoms with Gasteiger partial charge in [0.05, 0.1) is 11.6 Å². The number of benzene rings is 1. The molecule has 6 nitrogen and oxygen atoms in total. The Hall–Kier alpha value is -2.70. The molecule has 0 unspecified atom stereocenters. The summed E-state index contributed by atoms with van der Waals surface area (Å²) in [5.41, 5.74) is 1.53. The lowest BCUT2D eigenvalue weighted by molar-refractivity contribution is -0.148. The molecule has 3 rings (SSSR count). The number of amides is 1. The fourth-order valence-corrected chi connectivity index (χ4v) is 2.37. The van der Waals surface area contributed by atoms with Gasteiger partial charge in [0.2, 0.25) is 5.91 Å². The third kappa shape index (κ3) is 2.83. The van der Waals surface area contributed by atoms with Crippen molar-refractivity contribution in [2.75, 3.05) is 5.32 Å². The van der Waals surface area contributed by atoms with Crippen LogP contribution in [0.15, 0.2) is 28.8 Å². The molecule has 0 radical (unpaired) electrons. The first-order valence-corrected chi connectivity index (χ1v) is 6.71. The van der Waals surface area contributed by atoms with Crippen LogP contribution in [-0.2, 0) is 20.9 Å². The summed E-state index contributed by atoms with van der Waals surface area (Å²) in [4.78, 5) is 23.9. The standard InChI is InChI=1S/C15H13FN2O4/c1-8-4-10(22-18-8)7-21-15(20)12-6-14(19)17-13-5-9(16)2-3-11(12)13/h2-5,12H,6-7H2,1H3,(H,17,19)/t12-/m1/s1. The number of esters is 1. The van der Waals surface area contributed by atoms with Gasteiger partial charge in [0.1, 0.15) is 5.82 Å². The molecule has 1 aliphatic heterocycles. The monoisotopic (exact) mass is 304 g/mol. The lowest BCUT2D eigenvalue weighted by atomic mass is 9.90. The minimum Gasteiger partial charge on any atom is -0.457 e. The molecule has 1 N–H and O–H groups in total. The third-order valence-electron chi connectivity index (χ3n) is 3.37. The molecule has 1 amide bonds. The summed E-state index contributed by atoms with van der Waals surface area (Å²) in [5, 5.41) is 6.24. The van der Waals surface area contributed by atoms with E-state index in [9.17, 15) is 14.0 Å². The quantitative estimate of drug-likeness (QED) is 0.880. The summed E-state index contributed by atoms with van der Waals surface area (Å²) in [6, 6.07) is 5.57. The first-order chi connectivity index (χ1) is 10.5. The van der Waals surface area contributed by atoms with Crippen LogP contribution in [0.5, 0.6) is 0 Å². The van der Waals surface area contributed by atoms with Gasteiger partial charge in [0, 0.05) is 18.2 Å². The van der Waals surface area contributed by atoms with Crippen LogP contribution in [0.2, 0.25) is 0 Å². The number of ether oxygens (including phenoxy) is 1. The van der Waals surface area contributed by atoms with Gasteiger partial charge in [-0.05, 0) is 24.6 Å². The third-order valence-corrected chi connectivity index (χ3v) is 3.37. The lowest BCUT2D eigenvalue weighted by Crippen LogP contribution is -2.28. The number of carbonyl (C=O) groups excluding carboxylic acids is 2. The number of hydrogen-bond donors (Lipinski definition) is 1. The highest BCUT2D eigenvalue weighted by molar-refractivity contribution is 5.99. The van der Waals surface area contributed by atoms with Gasteiger partial charge in [-0.2, -0.15) is 0 Å². The van der Waals surface area contributed by atoms with E-state index in [0.29, 0.717) is 22.7 Å². The van der Waals surface area contributed by atoms with Crippen LogP contribution in [0.1, 0.15) is 29.4 Å². The lowest BCUT2D eigenvalue weighted by Gasteiger charge is -2.24. The van der Waals surface area contributed by atoms with Crippen molar-refractivity contribution < 1.29 is 23.2 Å². The van der Waals surface area contributed by atoms with Crippen molar-refractivity contribution in [3.05, 3.63) is 47.1 Å². The predicted octanol–water partition coefficient (Wildman–Crippen LogP) is 2.29. The van der Waals surface area contributed by atoms with E-state index in [0.717, 1.165) is 0 Å². The highest BCUT2D eigenvalue weighted by Crippen LogP contribution is 2.33. The average Bonchev–Trinajstić information content (AvgIpc) is 2.89. The fraction of sp³-hybridized carbons (Fsp3) is 0.267. The van der Waals surface area contributed by atoms with Gasteiger partial charge < -0.3 is 14.6 Å². The molecule has 0 saturated carbocycles. The van der Waals surface area contributed by atoms with E-state index in [1.54, 1.807) is 13.0 Å². The molecule has 2 aromatic rings. The smallest absolute Gasteiger partial charge is 0.314 e. The molecule has 1 aromatic carbocycles. The molecule has 1 aromatic heterocycles. The molecule has 7 heteroatoms. The molecular weight excluding hydrogens is 291 g/mol. The Morgan fingerprint density at radius 3 is 3.05 bits per heavy atom. The number of hydrogen-bond acceptors (Lipinski definition) is 5. The Bertz CT molecular complexity index is 741. The van der Waals surface area contributed by atoms with Gasteiger partial charge in [-0.15, -0.1) is 0 Å². The number of fused-ring (bicyclic) bond motifs is 1. The van der Waals surface area contributed by atoms with Crippen LogP contribution < -0.4 is 5.32 Å². The van der Waals surface area contributed by atoms with Crippen molar-refractivity contribution in [3.63, 3.8) is 0 Å². The summed E-state index contributed by atoms with van der Waals surface area (Å²) in [6.07, 6.45) is -0.0348. The molecule has 1 atom stereocenters. The fourth-order valence-electron chi connectivity index (χ4n) is 2.37. The Morgan fingerprint density at radius 1 is 1.50 bits per heavy atom. The van der Waals surface area contributed by atoms with Gasteiger partial charge in [0.25, 0.3) is 0 Å². The maximum absolute atomic E-state index is 13.2. The molecule has 0 fully saturated rings.